The van der Waals surface area contributed by atoms with E-state index < -0.39 is 30.3 Å². The average molecular weight is 674 g/mol. The number of allylic oxidation sites excluding steroid dienone is 2. The smallest absolute Gasteiger partial charge is 0.161 e. The highest BCUT2D eigenvalue weighted by Crippen LogP contribution is 2.40. The number of phenols is 1. The van der Waals surface area contributed by atoms with Gasteiger partial charge in [-0.15, -0.1) is 0 Å². The zero-order chi connectivity index (χ0) is 34.8. The predicted molar refractivity (Wildman–Crippen MR) is 188 cm³/mol. The number of H-pyrrole nitrogens is 1. The Hall–Kier alpha value is -3.85. The van der Waals surface area contributed by atoms with Gasteiger partial charge in [-0.2, -0.15) is 0 Å². The minimum absolute atomic E-state index is 0.0749. The summed E-state index contributed by atoms with van der Waals surface area (Å²) in [5.41, 5.74) is 8.76. The number of nitrogens with one attached hydrogen (secondary N) is 1. The molecule has 1 aromatic carbocycles. The fraction of sp³-hybridized carbons (Fsp3) is 0.513. The van der Waals surface area contributed by atoms with Crippen molar-refractivity contribution in [1.29, 1.82) is 0 Å². The number of ether oxygens (including phenoxy) is 1. The lowest BCUT2D eigenvalue weighted by Crippen LogP contribution is -2.36. The molecule has 0 saturated carbocycles. The number of nitrogens with two attached hydrogens (primary N) is 1. The third kappa shape index (κ3) is 9.87. The number of hydrogen-bond acceptors (Lipinski definition) is 9. The van der Waals surface area contributed by atoms with Gasteiger partial charge >= 0.3 is 0 Å². The first kappa shape index (κ1) is 36.4. The van der Waals surface area contributed by atoms with Crippen molar-refractivity contribution in [3.63, 3.8) is 0 Å². The third-order valence-corrected chi connectivity index (χ3v) is 10.1. The van der Waals surface area contributed by atoms with Crippen molar-refractivity contribution in [2.75, 3.05) is 18.9 Å². The number of pyridine rings is 1. The summed E-state index contributed by atoms with van der Waals surface area (Å²) >= 11 is 0. The van der Waals surface area contributed by atoms with Crippen LogP contribution >= 0.6 is 0 Å². The highest BCUT2D eigenvalue weighted by molar-refractivity contribution is 5.44. The minimum atomic E-state index is -1.03. The van der Waals surface area contributed by atoms with Crippen LogP contribution in [0.25, 0.3) is 0 Å². The van der Waals surface area contributed by atoms with E-state index in [2.05, 4.69) is 21.8 Å². The molecule has 10 heteroatoms. The molecule has 49 heavy (non-hydrogen) atoms. The molecule has 10 nitrogen and oxygen atoms in total. The summed E-state index contributed by atoms with van der Waals surface area (Å²) in [4.78, 5) is 7.38. The van der Waals surface area contributed by atoms with Crippen LogP contribution in [0.5, 0.6) is 11.5 Å². The van der Waals surface area contributed by atoms with Crippen molar-refractivity contribution in [1.82, 2.24) is 9.97 Å². The van der Waals surface area contributed by atoms with Gasteiger partial charge in [-0.3, -0.25) is 0 Å². The molecule has 3 aromatic rings. The quantitative estimate of drug-likeness (QED) is 0.0974. The first-order valence-corrected chi connectivity index (χ1v) is 17.5. The van der Waals surface area contributed by atoms with Gasteiger partial charge in [0.05, 0.1) is 18.3 Å². The summed E-state index contributed by atoms with van der Waals surface area (Å²) in [5.74, 6) is 6.01. The number of fused-ring (bicyclic) bond motifs is 1. The van der Waals surface area contributed by atoms with Gasteiger partial charge in [0.25, 0.3) is 0 Å². The molecule has 0 radical (unpaired) electrons. The Balaban J connectivity index is 1.41. The molecule has 9 N–H and O–H groups in total. The predicted octanol–water partition coefficient (Wildman–Crippen LogP) is 4.18. The molecule has 2 aliphatic carbocycles. The Labute approximate surface area is 288 Å². The summed E-state index contributed by atoms with van der Waals surface area (Å²) < 4.78 is 6.42. The molecule has 0 aliphatic heterocycles. The Morgan fingerprint density at radius 3 is 2.59 bits per heavy atom. The zero-order valence-electron chi connectivity index (χ0n) is 27.9. The van der Waals surface area contributed by atoms with Crippen LogP contribution in [0, 0.1) is 29.6 Å². The summed E-state index contributed by atoms with van der Waals surface area (Å²) in [7, 11) is 0. The standard InChI is InChI=1S/C39H51N3O7/c40-38-24-29(13-17-42-38)30(20-31-5-3-16-41-31)23-37(33(46)15-19-44)49-36-22-28(11-12-32(36)45)27-10-9-26-8-7-25(14-18-43)4-1-2-6-34(47)39(26)35(48)21-27/h3,5,9-13,16-17,22,24-27,30,33-35,37,39,41,43-48H,1-2,4,6,14-15,18-21,23H2,(H2,40,42). The molecule has 9 atom stereocenters. The largest absolute Gasteiger partial charge is 0.504 e. The van der Waals surface area contributed by atoms with E-state index in [4.69, 9.17) is 10.5 Å². The van der Waals surface area contributed by atoms with E-state index in [1.807, 2.05) is 42.6 Å². The van der Waals surface area contributed by atoms with E-state index in [9.17, 15) is 30.6 Å². The zero-order valence-corrected chi connectivity index (χ0v) is 27.9. The Kier molecular flexibility index (Phi) is 13.2. The molecule has 264 valence electrons. The number of aliphatic hydroxyl groups is 5. The fourth-order valence-corrected chi connectivity index (χ4v) is 7.32. The molecule has 5 rings (SSSR count). The lowest BCUT2D eigenvalue weighted by molar-refractivity contribution is -0.00711. The van der Waals surface area contributed by atoms with Crippen LogP contribution in [0.15, 0.2) is 67.0 Å². The number of phenolic OH excluding ortho intramolecular Hbond substituents is 1. The van der Waals surface area contributed by atoms with Gasteiger partial charge in [-0.25, -0.2) is 4.98 Å². The van der Waals surface area contributed by atoms with Crippen molar-refractivity contribution in [2.24, 2.45) is 17.8 Å². The molecule has 0 bridgehead atoms. The van der Waals surface area contributed by atoms with E-state index in [0.29, 0.717) is 37.9 Å². The Morgan fingerprint density at radius 2 is 1.84 bits per heavy atom. The van der Waals surface area contributed by atoms with Crippen molar-refractivity contribution in [3.05, 3.63) is 83.8 Å². The van der Waals surface area contributed by atoms with E-state index >= 15 is 0 Å². The summed E-state index contributed by atoms with van der Waals surface area (Å²) in [6, 6.07) is 12.7. The van der Waals surface area contributed by atoms with Crippen molar-refractivity contribution >= 4 is 5.82 Å². The number of aromatic hydroxyl groups is 1. The first-order chi connectivity index (χ1) is 23.7. The molecule has 2 aliphatic rings. The maximum Gasteiger partial charge on any atom is 0.161 e. The SMILES string of the molecule is Nc1cc(C(Cc2ccc[nH]2)CC(Oc2cc(C3C=CC4C#CC(CCO)CCCCC(O)C4C(O)C3)ccc2O)C(O)CCO)ccn1. The van der Waals surface area contributed by atoms with Gasteiger partial charge in [0.2, 0.25) is 0 Å². The molecule has 2 heterocycles. The number of nitrogen functional groups attached to an aromatic ring is 1. The topological polar surface area (TPSA) is 185 Å². The number of aromatic amines is 1. The molecule has 9 unspecified atom stereocenters. The Morgan fingerprint density at radius 1 is 1.00 bits per heavy atom. The number of aliphatic hydroxyl groups excluding tert-OH is 5. The van der Waals surface area contributed by atoms with Crippen LogP contribution < -0.4 is 10.5 Å². The lowest BCUT2D eigenvalue weighted by atomic mass is 9.79. The molecular formula is C39H51N3O7. The first-order valence-electron chi connectivity index (χ1n) is 17.5. The molecule has 2 aromatic heterocycles. The summed E-state index contributed by atoms with van der Waals surface area (Å²) in [6.07, 6.45) is 9.34. The molecule has 0 saturated heterocycles. The number of aromatic nitrogens is 2. The van der Waals surface area contributed by atoms with Crippen molar-refractivity contribution in [3.8, 4) is 23.3 Å². The third-order valence-electron chi connectivity index (χ3n) is 10.1. The normalized spacial score (nSPS) is 26.0. The molecule has 0 fully saturated rings. The van der Waals surface area contributed by atoms with Crippen LogP contribution in [0.1, 0.15) is 80.0 Å². The summed E-state index contributed by atoms with van der Waals surface area (Å²) in [5, 5.41) is 64.1. The fourth-order valence-electron chi connectivity index (χ4n) is 7.32. The maximum atomic E-state index is 11.5. The number of benzene rings is 1. The van der Waals surface area contributed by atoms with Gasteiger partial charge in [-0.1, -0.05) is 42.9 Å². The minimum Gasteiger partial charge on any atom is -0.504 e. The second-order valence-electron chi connectivity index (χ2n) is 13.6. The van der Waals surface area contributed by atoms with Gasteiger partial charge in [-0.05, 0) is 92.0 Å². The number of hydrogen-bond donors (Lipinski definition) is 8. The van der Waals surface area contributed by atoms with E-state index in [1.165, 1.54) is 0 Å². The van der Waals surface area contributed by atoms with Gasteiger partial charge in [0.15, 0.2) is 11.5 Å². The number of nitrogens with zero attached hydrogens (tertiary/aromatic N) is 1. The second-order valence-corrected chi connectivity index (χ2v) is 13.6. The molecule has 0 spiro atoms. The van der Waals surface area contributed by atoms with Crippen LogP contribution in [-0.2, 0) is 6.42 Å². The van der Waals surface area contributed by atoms with E-state index in [-0.39, 0.29) is 54.8 Å². The molecule has 0 amide bonds. The van der Waals surface area contributed by atoms with Gasteiger partial charge in [0.1, 0.15) is 11.9 Å². The van der Waals surface area contributed by atoms with E-state index in [0.717, 1.165) is 36.1 Å². The van der Waals surface area contributed by atoms with Crippen LogP contribution in [0.2, 0.25) is 0 Å². The van der Waals surface area contributed by atoms with Crippen LogP contribution in [-0.4, -0.2) is 78.2 Å². The second kappa shape index (κ2) is 17.7. The maximum absolute atomic E-state index is 11.5. The van der Waals surface area contributed by atoms with Crippen LogP contribution in [0.3, 0.4) is 0 Å². The molecular weight excluding hydrogens is 622 g/mol. The Bertz CT molecular complexity index is 1550. The van der Waals surface area contributed by atoms with Crippen molar-refractivity contribution < 1.29 is 35.4 Å². The monoisotopic (exact) mass is 673 g/mol. The number of anilines is 1. The average Bonchev–Trinajstić information content (AvgIpc) is 3.54. The van der Waals surface area contributed by atoms with E-state index in [1.54, 1.807) is 24.4 Å². The highest BCUT2D eigenvalue weighted by atomic mass is 16.5. The van der Waals surface area contributed by atoms with Crippen molar-refractivity contribution in [2.45, 2.75) is 94.0 Å². The lowest BCUT2D eigenvalue weighted by Gasteiger charge is -2.31. The summed E-state index contributed by atoms with van der Waals surface area (Å²) in [6.45, 7) is -0.162. The van der Waals surface area contributed by atoms with Gasteiger partial charge < -0.3 is 46.1 Å². The van der Waals surface area contributed by atoms with Crippen LogP contribution in [0.4, 0.5) is 5.82 Å². The highest BCUT2D eigenvalue weighted by Gasteiger charge is 2.36. The number of rotatable bonds is 13. The van der Waals surface area contributed by atoms with Gasteiger partial charge in [0, 0.05) is 61.4 Å².